The van der Waals surface area contributed by atoms with Crippen LogP contribution in [0, 0.1) is 0 Å². The molecule has 1 rings (SSSR count). The van der Waals surface area contributed by atoms with Gasteiger partial charge in [0.05, 0.1) is 6.10 Å². The number of rotatable bonds is 14. The molecule has 24 heavy (non-hydrogen) atoms. The fourth-order valence-corrected chi connectivity index (χ4v) is 2.55. The molecule has 0 bridgehead atoms. The Balaban J connectivity index is 2.00. The van der Waals surface area contributed by atoms with Crippen LogP contribution < -0.4 is 0 Å². The second-order valence-electron chi connectivity index (χ2n) is 6.25. The monoisotopic (exact) mass is 336 g/mol. The van der Waals surface area contributed by atoms with Gasteiger partial charge in [0.1, 0.15) is 12.2 Å². The molecule has 136 valence electrons. The Labute approximate surface area is 145 Å². The number of hydrogen-bond donors (Lipinski definition) is 2. The molecule has 3 unspecified atom stereocenters. The minimum Gasteiger partial charge on any atom is -0.481 e. The van der Waals surface area contributed by atoms with Crippen LogP contribution in [0.4, 0.5) is 0 Å². The van der Waals surface area contributed by atoms with Crippen molar-refractivity contribution in [2.24, 2.45) is 0 Å². The molecule has 1 aliphatic rings. The van der Waals surface area contributed by atoms with Crippen LogP contribution in [0.3, 0.4) is 0 Å². The van der Waals surface area contributed by atoms with E-state index in [1.54, 1.807) is 0 Å². The number of unbranched alkanes of at least 4 members (excludes halogenated alkanes) is 3. The number of carboxylic acid groups (broad SMARTS) is 1. The molecular weight excluding hydrogens is 304 g/mol. The molecule has 0 radical (unpaired) electrons. The summed E-state index contributed by atoms with van der Waals surface area (Å²) in [6.07, 6.45) is 19.9. The van der Waals surface area contributed by atoms with Crippen molar-refractivity contribution in [3.8, 4) is 0 Å². The van der Waals surface area contributed by atoms with Gasteiger partial charge in [-0.1, -0.05) is 62.6 Å². The van der Waals surface area contributed by atoms with Crippen molar-refractivity contribution in [3.63, 3.8) is 0 Å². The zero-order chi connectivity index (χ0) is 17.6. The predicted octanol–water partition coefficient (Wildman–Crippen LogP) is 4.40. The molecule has 1 fully saturated rings. The highest BCUT2D eigenvalue weighted by Crippen LogP contribution is 2.30. The molecule has 1 saturated heterocycles. The molecule has 0 amide bonds. The van der Waals surface area contributed by atoms with Crippen molar-refractivity contribution in [3.05, 3.63) is 36.5 Å². The molecule has 1 heterocycles. The molecule has 0 aromatic rings. The highest BCUT2D eigenvalue weighted by Gasteiger charge is 2.42. The summed E-state index contributed by atoms with van der Waals surface area (Å²) < 4.78 is 5.52. The smallest absolute Gasteiger partial charge is 0.303 e. The van der Waals surface area contributed by atoms with Gasteiger partial charge in [0, 0.05) is 6.42 Å². The van der Waals surface area contributed by atoms with Crippen molar-refractivity contribution in [1.29, 1.82) is 0 Å². The van der Waals surface area contributed by atoms with E-state index < -0.39 is 12.1 Å². The van der Waals surface area contributed by atoms with Gasteiger partial charge in [0.15, 0.2) is 0 Å². The van der Waals surface area contributed by atoms with Gasteiger partial charge in [-0.25, -0.2) is 0 Å². The second-order valence-corrected chi connectivity index (χ2v) is 6.25. The molecular formula is C20H32O4. The summed E-state index contributed by atoms with van der Waals surface area (Å²) in [5.74, 6) is -0.735. The Morgan fingerprint density at radius 2 is 1.79 bits per heavy atom. The normalized spacial score (nSPS) is 21.9. The molecule has 0 aromatic carbocycles. The number of ether oxygens (including phenoxy) is 1. The summed E-state index contributed by atoms with van der Waals surface area (Å²) in [4.78, 5) is 10.3. The van der Waals surface area contributed by atoms with Crippen LogP contribution in [0.5, 0.6) is 0 Å². The van der Waals surface area contributed by atoms with Crippen LogP contribution in [0.15, 0.2) is 36.5 Å². The van der Waals surface area contributed by atoms with Gasteiger partial charge >= 0.3 is 5.97 Å². The van der Waals surface area contributed by atoms with Crippen LogP contribution in [0.2, 0.25) is 0 Å². The first-order valence-electron chi connectivity index (χ1n) is 9.17. The van der Waals surface area contributed by atoms with Gasteiger partial charge in [-0.15, -0.1) is 0 Å². The lowest BCUT2D eigenvalue weighted by Crippen LogP contribution is -2.13. The Morgan fingerprint density at radius 1 is 1.08 bits per heavy atom. The summed E-state index contributed by atoms with van der Waals surface area (Å²) in [5, 5.41) is 18.5. The van der Waals surface area contributed by atoms with E-state index in [9.17, 15) is 9.90 Å². The summed E-state index contributed by atoms with van der Waals surface area (Å²) in [6.45, 7) is 2.19. The van der Waals surface area contributed by atoms with Crippen LogP contribution in [0.25, 0.3) is 0 Å². The number of aliphatic hydroxyl groups excluding tert-OH is 1. The van der Waals surface area contributed by atoms with Gasteiger partial charge in [-0.2, -0.15) is 0 Å². The van der Waals surface area contributed by atoms with Gasteiger partial charge in [0.2, 0.25) is 0 Å². The Hall–Kier alpha value is -1.39. The molecule has 2 N–H and O–H groups in total. The first kappa shape index (κ1) is 20.7. The maximum Gasteiger partial charge on any atom is 0.303 e. The van der Waals surface area contributed by atoms with Crippen LogP contribution in [-0.4, -0.2) is 34.5 Å². The first-order valence-corrected chi connectivity index (χ1v) is 9.17. The van der Waals surface area contributed by atoms with Gasteiger partial charge in [-0.05, 0) is 32.1 Å². The van der Waals surface area contributed by atoms with E-state index in [-0.39, 0.29) is 18.6 Å². The van der Waals surface area contributed by atoms with Gasteiger partial charge < -0.3 is 14.9 Å². The third-order valence-corrected chi connectivity index (χ3v) is 4.02. The zero-order valence-electron chi connectivity index (χ0n) is 14.8. The maximum absolute atomic E-state index is 10.3. The number of allylic oxidation sites excluding steroid dienone is 5. The molecule has 1 aliphatic heterocycles. The van der Waals surface area contributed by atoms with E-state index in [1.165, 1.54) is 19.3 Å². The van der Waals surface area contributed by atoms with Gasteiger partial charge in [0.25, 0.3) is 0 Å². The zero-order valence-corrected chi connectivity index (χ0v) is 14.8. The minimum absolute atomic E-state index is 0.00387. The number of aliphatic hydroxyl groups is 1. The summed E-state index contributed by atoms with van der Waals surface area (Å²) in [7, 11) is 0. The van der Waals surface area contributed by atoms with Crippen molar-refractivity contribution >= 4 is 5.97 Å². The fraction of sp³-hybridized carbons (Fsp3) is 0.650. The topological polar surface area (TPSA) is 70.1 Å². The number of carbonyl (C=O) groups is 1. The maximum atomic E-state index is 10.3. The van der Waals surface area contributed by atoms with E-state index in [0.29, 0.717) is 6.42 Å². The van der Waals surface area contributed by atoms with Crippen molar-refractivity contribution in [2.45, 2.75) is 83.0 Å². The predicted molar refractivity (Wildman–Crippen MR) is 97.0 cm³/mol. The Bertz CT molecular complexity index is 425. The van der Waals surface area contributed by atoms with E-state index in [0.717, 1.165) is 25.7 Å². The van der Waals surface area contributed by atoms with E-state index in [4.69, 9.17) is 9.84 Å². The van der Waals surface area contributed by atoms with Crippen LogP contribution >= 0.6 is 0 Å². The molecule has 4 heteroatoms. The summed E-state index contributed by atoms with van der Waals surface area (Å²) >= 11 is 0. The SMILES string of the molecule is CCCCCC1OC1C(O)C=CCC=CCC=CCCCC(=O)O. The fourth-order valence-electron chi connectivity index (χ4n) is 2.55. The Kier molecular flexibility index (Phi) is 11.2. The van der Waals surface area contributed by atoms with Crippen molar-refractivity contribution < 1.29 is 19.7 Å². The van der Waals surface area contributed by atoms with Crippen LogP contribution in [-0.2, 0) is 9.53 Å². The summed E-state index contributed by atoms with van der Waals surface area (Å²) in [6, 6.07) is 0. The lowest BCUT2D eigenvalue weighted by molar-refractivity contribution is -0.137. The Morgan fingerprint density at radius 3 is 2.50 bits per heavy atom. The minimum atomic E-state index is -0.735. The number of hydrogen-bond acceptors (Lipinski definition) is 3. The van der Waals surface area contributed by atoms with Crippen molar-refractivity contribution in [1.82, 2.24) is 0 Å². The molecule has 3 atom stereocenters. The molecule has 0 aromatic heterocycles. The molecule has 4 nitrogen and oxygen atoms in total. The second kappa shape index (κ2) is 13.0. The molecule has 0 spiro atoms. The largest absolute Gasteiger partial charge is 0.481 e. The average molecular weight is 336 g/mol. The molecule has 0 aliphatic carbocycles. The highest BCUT2D eigenvalue weighted by molar-refractivity contribution is 5.66. The quantitative estimate of drug-likeness (QED) is 0.280. The lowest BCUT2D eigenvalue weighted by atomic mass is 10.1. The van der Waals surface area contributed by atoms with E-state index in [2.05, 4.69) is 25.2 Å². The summed E-state index contributed by atoms with van der Waals surface area (Å²) in [5.41, 5.74) is 0. The van der Waals surface area contributed by atoms with E-state index >= 15 is 0 Å². The van der Waals surface area contributed by atoms with E-state index in [1.807, 2.05) is 18.2 Å². The third-order valence-electron chi connectivity index (χ3n) is 4.02. The van der Waals surface area contributed by atoms with Gasteiger partial charge in [-0.3, -0.25) is 4.79 Å². The standard InChI is InChI=1S/C20H32O4/c1-2-3-11-15-18-20(24-18)17(21)14-12-9-7-5-4-6-8-10-13-16-19(22)23/h5-8,12,14,17-18,20-21H,2-4,9-11,13,15-16H2,1H3,(H,22,23). The lowest BCUT2D eigenvalue weighted by Gasteiger charge is -2.00. The first-order chi connectivity index (χ1) is 11.6. The number of carboxylic acids is 1. The van der Waals surface area contributed by atoms with Crippen LogP contribution in [0.1, 0.15) is 64.7 Å². The molecule has 0 saturated carbocycles. The van der Waals surface area contributed by atoms with Crippen molar-refractivity contribution in [2.75, 3.05) is 0 Å². The number of aliphatic carboxylic acids is 1. The average Bonchev–Trinajstić information content (AvgIpc) is 3.32. The number of epoxide rings is 1. The highest BCUT2D eigenvalue weighted by atomic mass is 16.6. The third kappa shape index (κ3) is 10.4.